The Balaban J connectivity index is 2.03. The lowest BCUT2D eigenvalue weighted by Crippen LogP contribution is -2.29. The number of anilines is 1. The number of benzene rings is 1. The van der Waals surface area contributed by atoms with Crippen molar-refractivity contribution in [3.63, 3.8) is 0 Å². The lowest BCUT2D eigenvalue weighted by Gasteiger charge is -2.06. The van der Waals surface area contributed by atoms with Crippen LogP contribution in [0, 0.1) is 0 Å². The third-order valence-electron chi connectivity index (χ3n) is 3.92. The molecule has 0 spiro atoms. The van der Waals surface area contributed by atoms with E-state index in [0.29, 0.717) is 23.7 Å². The smallest absolute Gasteiger partial charge is 0.303 e. The van der Waals surface area contributed by atoms with Crippen LogP contribution in [0.1, 0.15) is 25.3 Å². The van der Waals surface area contributed by atoms with Crippen LogP contribution < -0.4 is 16.7 Å². The van der Waals surface area contributed by atoms with Gasteiger partial charge in [-0.1, -0.05) is 43.7 Å². The van der Waals surface area contributed by atoms with Crippen LogP contribution in [0.5, 0.6) is 0 Å². The zero-order chi connectivity index (χ0) is 17.8. The molecule has 0 saturated carbocycles. The summed E-state index contributed by atoms with van der Waals surface area (Å²) in [5.41, 5.74) is 3.60. The molecule has 0 fully saturated rings. The minimum atomic E-state index is -0.489. The number of fused-ring (bicyclic) bond motifs is 1. The number of unbranched alkanes of at least 4 members (excludes halogenated alkanes) is 1. The second-order valence-corrected chi connectivity index (χ2v) is 5.71. The third-order valence-corrected chi connectivity index (χ3v) is 3.92. The maximum Gasteiger partial charge on any atom is 0.329 e. The number of aryl methyl sites for hydroxylation is 2. The topological polar surface area (TPSA) is 97.1 Å². The molecule has 2 aromatic heterocycles. The molecule has 2 heterocycles. The molecule has 0 radical (unpaired) electrons. The maximum atomic E-state index is 12.2. The maximum absolute atomic E-state index is 12.2. The predicted molar refractivity (Wildman–Crippen MR) is 98.2 cm³/mol. The van der Waals surface area contributed by atoms with E-state index >= 15 is 0 Å². The van der Waals surface area contributed by atoms with Gasteiger partial charge in [0.15, 0.2) is 11.2 Å². The third kappa shape index (κ3) is 3.37. The molecule has 130 valence electrons. The fourth-order valence-corrected chi connectivity index (χ4v) is 2.56. The van der Waals surface area contributed by atoms with Crippen LogP contribution in [0.2, 0.25) is 0 Å². The summed E-state index contributed by atoms with van der Waals surface area (Å²) in [6.07, 6.45) is 3.52. The molecule has 8 nitrogen and oxygen atoms in total. The molecule has 1 aromatic carbocycles. The number of imidazole rings is 1. The predicted octanol–water partition coefficient (Wildman–Crippen LogP) is 1.67. The number of aromatic nitrogens is 4. The molecule has 8 heteroatoms. The van der Waals surface area contributed by atoms with Crippen molar-refractivity contribution in [3.05, 3.63) is 56.7 Å². The Morgan fingerprint density at radius 1 is 1.28 bits per heavy atom. The SMILES string of the molecule is CCCCn1c(N/N=C/c2ccccc2)nc2c1c(=O)[nH]c(=O)n2C. The fraction of sp³-hybridized carbons (Fsp3) is 0.294. The van der Waals surface area contributed by atoms with Crippen LogP contribution in [0.4, 0.5) is 5.95 Å². The molecule has 0 aliphatic rings. The number of hydrogen-bond acceptors (Lipinski definition) is 5. The first-order valence-corrected chi connectivity index (χ1v) is 8.15. The van der Waals surface area contributed by atoms with E-state index < -0.39 is 11.2 Å². The van der Waals surface area contributed by atoms with Gasteiger partial charge in [-0.15, -0.1) is 0 Å². The largest absolute Gasteiger partial charge is 0.329 e. The number of rotatable bonds is 6. The monoisotopic (exact) mass is 340 g/mol. The summed E-state index contributed by atoms with van der Waals surface area (Å²) in [5, 5.41) is 4.20. The Bertz CT molecular complexity index is 1010. The molecule has 3 aromatic rings. The minimum absolute atomic E-state index is 0.335. The Kier molecular flexibility index (Phi) is 4.78. The molecule has 0 aliphatic heterocycles. The van der Waals surface area contributed by atoms with Gasteiger partial charge in [-0.05, 0) is 12.0 Å². The number of nitrogens with zero attached hydrogens (tertiary/aromatic N) is 4. The summed E-state index contributed by atoms with van der Waals surface area (Å²) in [6, 6.07) is 9.64. The van der Waals surface area contributed by atoms with Crippen LogP contribution in [0.3, 0.4) is 0 Å². The summed E-state index contributed by atoms with van der Waals surface area (Å²) >= 11 is 0. The second-order valence-electron chi connectivity index (χ2n) is 5.71. The fourth-order valence-electron chi connectivity index (χ4n) is 2.56. The van der Waals surface area contributed by atoms with Gasteiger partial charge in [0.05, 0.1) is 6.21 Å². The molecular formula is C17H20N6O2. The lowest BCUT2D eigenvalue weighted by atomic mass is 10.2. The van der Waals surface area contributed by atoms with Crippen molar-refractivity contribution in [1.29, 1.82) is 0 Å². The Morgan fingerprint density at radius 3 is 2.76 bits per heavy atom. The summed E-state index contributed by atoms with van der Waals surface area (Å²) in [7, 11) is 1.58. The van der Waals surface area contributed by atoms with Gasteiger partial charge < -0.3 is 4.57 Å². The molecule has 0 amide bonds. The van der Waals surface area contributed by atoms with Crippen LogP contribution >= 0.6 is 0 Å². The first-order valence-electron chi connectivity index (χ1n) is 8.15. The van der Waals surface area contributed by atoms with Crippen molar-refractivity contribution >= 4 is 23.3 Å². The first kappa shape index (κ1) is 16.7. The van der Waals surface area contributed by atoms with Gasteiger partial charge in [0, 0.05) is 13.6 Å². The number of hydrogen-bond donors (Lipinski definition) is 2. The molecule has 0 bridgehead atoms. The van der Waals surface area contributed by atoms with Crippen LogP contribution in [0.25, 0.3) is 11.2 Å². The van der Waals surface area contributed by atoms with E-state index in [9.17, 15) is 9.59 Å². The molecule has 0 saturated heterocycles. The summed E-state index contributed by atoms with van der Waals surface area (Å²) in [4.78, 5) is 30.8. The van der Waals surface area contributed by atoms with E-state index in [4.69, 9.17) is 0 Å². The van der Waals surface area contributed by atoms with Gasteiger partial charge in [0.2, 0.25) is 5.95 Å². The van der Waals surface area contributed by atoms with Crippen molar-refractivity contribution in [2.45, 2.75) is 26.3 Å². The van der Waals surface area contributed by atoms with Gasteiger partial charge in [0.25, 0.3) is 5.56 Å². The van der Waals surface area contributed by atoms with Crippen molar-refractivity contribution in [2.24, 2.45) is 12.1 Å². The van der Waals surface area contributed by atoms with Crippen LogP contribution in [-0.4, -0.2) is 25.3 Å². The van der Waals surface area contributed by atoms with E-state index in [-0.39, 0.29) is 0 Å². The van der Waals surface area contributed by atoms with Gasteiger partial charge in [-0.3, -0.25) is 14.3 Å². The van der Waals surface area contributed by atoms with Gasteiger partial charge in [0.1, 0.15) is 0 Å². The first-order chi connectivity index (χ1) is 12.1. The number of H-pyrrole nitrogens is 1. The molecule has 0 aliphatic carbocycles. The average molecular weight is 340 g/mol. The molecule has 25 heavy (non-hydrogen) atoms. The summed E-state index contributed by atoms with van der Waals surface area (Å²) in [5.74, 6) is 0.433. The summed E-state index contributed by atoms with van der Waals surface area (Å²) < 4.78 is 3.09. The van der Waals surface area contributed by atoms with Gasteiger partial charge in [-0.2, -0.15) is 10.1 Å². The molecule has 0 atom stereocenters. The minimum Gasteiger partial charge on any atom is -0.303 e. The average Bonchev–Trinajstić information content (AvgIpc) is 2.98. The van der Waals surface area contributed by atoms with E-state index in [2.05, 4.69) is 27.4 Å². The van der Waals surface area contributed by atoms with Crippen molar-refractivity contribution in [1.82, 2.24) is 19.1 Å². The highest BCUT2D eigenvalue weighted by molar-refractivity contribution is 5.80. The Morgan fingerprint density at radius 2 is 2.04 bits per heavy atom. The Hall–Kier alpha value is -3.16. The van der Waals surface area contributed by atoms with E-state index in [0.717, 1.165) is 18.4 Å². The van der Waals surface area contributed by atoms with Crippen molar-refractivity contribution < 1.29 is 0 Å². The molecule has 3 rings (SSSR count). The zero-order valence-corrected chi connectivity index (χ0v) is 14.2. The van der Waals surface area contributed by atoms with Crippen molar-refractivity contribution in [3.8, 4) is 0 Å². The molecular weight excluding hydrogens is 320 g/mol. The zero-order valence-electron chi connectivity index (χ0n) is 14.2. The number of hydrazone groups is 1. The van der Waals surface area contributed by atoms with E-state index in [1.165, 1.54) is 4.57 Å². The highest BCUT2D eigenvalue weighted by atomic mass is 16.2. The highest BCUT2D eigenvalue weighted by Gasteiger charge is 2.16. The van der Waals surface area contributed by atoms with Gasteiger partial charge >= 0.3 is 5.69 Å². The van der Waals surface area contributed by atoms with Crippen molar-refractivity contribution in [2.75, 3.05) is 5.43 Å². The number of nitrogens with one attached hydrogen (secondary N) is 2. The Labute approximate surface area is 143 Å². The normalized spacial score (nSPS) is 11.4. The van der Waals surface area contributed by atoms with Gasteiger partial charge in [-0.25, -0.2) is 10.2 Å². The van der Waals surface area contributed by atoms with Crippen LogP contribution in [0.15, 0.2) is 45.0 Å². The molecule has 0 unspecified atom stereocenters. The highest BCUT2D eigenvalue weighted by Crippen LogP contribution is 2.16. The van der Waals surface area contributed by atoms with E-state index in [1.54, 1.807) is 17.8 Å². The molecule has 2 N–H and O–H groups in total. The lowest BCUT2D eigenvalue weighted by molar-refractivity contribution is 0.647. The second kappa shape index (κ2) is 7.16. The van der Waals surface area contributed by atoms with Crippen LogP contribution in [-0.2, 0) is 13.6 Å². The van der Waals surface area contributed by atoms with E-state index in [1.807, 2.05) is 30.3 Å². The quantitative estimate of drug-likeness (QED) is 0.527. The standard InChI is InChI=1S/C17H20N6O2/c1-3-4-10-23-13-14(22(2)17(25)20-15(13)24)19-16(23)21-18-11-12-8-6-5-7-9-12/h5-9,11H,3-4,10H2,1-2H3,(H,19,21)(H,20,24,25)/b18-11+. The summed E-state index contributed by atoms with van der Waals surface area (Å²) in [6.45, 7) is 2.68. The number of aromatic amines is 1.